The summed E-state index contributed by atoms with van der Waals surface area (Å²) in [5, 5.41) is 20.2. The Hall–Kier alpha value is -2.64. The van der Waals surface area contributed by atoms with E-state index in [2.05, 4.69) is 73.7 Å². The Morgan fingerprint density at radius 3 is 1.92 bits per heavy atom. The summed E-state index contributed by atoms with van der Waals surface area (Å²) < 4.78 is 0. The summed E-state index contributed by atoms with van der Waals surface area (Å²) in [5.74, 6) is 0.123. The Kier molecular flexibility index (Phi) is 2.83. The molecular weight excluding hydrogens is 292 g/mol. The van der Waals surface area contributed by atoms with Crippen LogP contribution in [0.1, 0.15) is 18.4 Å². The van der Waals surface area contributed by atoms with Gasteiger partial charge in [0.25, 0.3) is 0 Å². The maximum Gasteiger partial charge on any atom is 0.0497 e. The summed E-state index contributed by atoms with van der Waals surface area (Å²) in [6.45, 7) is 2.26. The lowest BCUT2D eigenvalue weighted by atomic mass is 9.85. The number of benzene rings is 5. The molecular formula is C23H18O. The van der Waals surface area contributed by atoms with Crippen LogP contribution in [0, 0.1) is 0 Å². The van der Waals surface area contributed by atoms with Gasteiger partial charge in [-0.3, -0.25) is 0 Å². The van der Waals surface area contributed by atoms with Crippen molar-refractivity contribution in [3.8, 4) is 0 Å². The molecule has 24 heavy (non-hydrogen) atoms. The van der Waals surface area contributed by atoms with Crippen LogP contribution in [0.3, 0.4) is 0 Å². The molecule has 1 N–H and O–H groups in total. The van der Waals surface area contributed by atoms with Crippen molar-refractivity contribution in [1.29, 1.82) is 0 Å². The number of hydrogen-bond acceptors (Lipinski definition) is 1. The fourth-order valence-corrected chi connectivity index (χ4v) is 4.19. The van der Waals surface area contributed by atoms with Gasteiger partial charge in [-0.15, -0.1) is 0 Å². The van der Waals surface area contributed by atoms with Gasteiger partial charge in [-0.2, -0.15) is 0 Å². The van der Waals surface area contributed by atoms with Crippen LogP contribution in [0.15, 0.2) is 66.7 Å². The molecule has 5 aromatic carbocycles. The Labute approximate surface area is 140 Å². The number of aliphatic hydroxyl groups is 1. The third kappa shape index (κ3) is 1.68. The second kappa shape index (κ2) is 4.93. The molecule has 0 aliphatic heterocycles. The van der Waals surface area contributed by atoms with Gasteiger partial charge in [0.15, 0.2) is 0 Å². The predicted octanol–water partition coefficient (Wildman–Crippen LogP) is 5.83. The van der Waals surface area contributed by atoms with Gasteiger partial charge in [0.2, 0.25) is 0 Å². The van der Waals surface area contributed by atoms with Crippen LogP contribution in [0.2, 0.25) is 0 Å². The van der Waals surface area contributed by atoms with Gasteiger partial charge in [0.1, 0.15) is 0 Å². The third-order valence-corrected chi connectivity index (χ3v) is 5.35. The average molecular weight is 310 g/mol. The number of rotatable bonds is 2. The fraction of sp³-hybridized carbons (Fsp3) is 0.130. The van der Waals surface area contributed by atoms with E-state index in [0.717, 1.165) is 0 Å². The topological polar surface area (TPSA) is 20.2 Å². The quantitative estimate of drug-likeness (QED) is 0.321. The lowest BCUT2D eigenvalue weighted by Crippen LogP contribution is -2.01. The fourth-order valence-electron chi connectivity index (χ4n) is 4.19. The third-order valence-electron chi connectivity index (χ3n) is 5.35. The monoisotopic (exact) mass is 310 g/mol. The van der Waals surface area contributed by atoms with Crippen LogP contribution in [-0.4, -0.2) is 11.7 Å². The van der Waals surface area contributed by atoms with Gasteiger partial charge in [-0.05, 0) is 48.7 Å². The van der Waals surface area contributed by atoms with Crippen molar-refractivity contribution in [2.45, 2.75) is 12.8 Å². The number of aliphatic hydroxyl groups excluding tert-OH is 1. The van der Waals surface area contributed by atoms with Crippen LogP contribution in [0.25, 0.3) is 43.1 Å². The summed E-state index contributed by atoms with van der Waals surface area (Å²) in [4.78, 5) is 0. The first kappa shape index (κ1) is 13.8. The van der Waals surface area contributed by atoms with Crippen molar-refractivity contribution < 1.29 is 5.11 Å². The van der Waals surface area contributed by atoms with Crippen molar-refractivity contribution in [2.75, 3.05) is 6.61 Å². The molecule has 0 saturated heterocycles. The van der Waals surface area contributed by atoms with Gasteiger partial charge in [-0.25, -0.2) is 0 Å². The van der Waals surface area contributed by atoms with E-state index in [-0.39, 0.29) is 12.5 Å². The second-order valence-electron chi connectivity index (χ2n) is 6.73. The molecule has 0 fully saturated rings. The highest BCUT2D eigenvalue weighted by atomic mass is 16.3. The highest BCUT2D eigenvalue weighted by Crippen LogP contribution is 2.42. The van der Waals surface area contributed by atoms with Crippen molar-refractivity contribution >= 4 is 43.1 Å². The molecule has 0 bridgehead atoms. The molecule has 1 atom stereocenters. The summed E-state index contributed by atoms with van der Waals surface area (Å²) in [5.41, 5.74) is 1.24. The number of hydrogen-bond donors (Lipinski definition) is 1. The normalized spacial score (nSPS) is 13.4. The van der Waals surface area contributed by atoms with Crippen molar-refractivity contribution in [3.05, 3.63) is 72.3 Å². The zero-order chi connectivity index (χ0) is 16.3. The molecule has 1 unspecified atom stereocenters. The van der Waals surface area contributed by atoms with Gasteiger partial charge < -0.3 is 5.11 Å². The molecule has 0 radical (unpaired) electrons. The lowest BCUT2D eigenvalue weighted by molar-refractivity contribution is 0.273. The first-order chi connectivity index (χ1) is 11.8. The van der Waals surface area contributed by atoms with Crippen LogP contribution < -0.4 is 0 Å². The van der Waals surface area contributed by atoms with Crippen molar-refractivity contribution in [3.63, 3.8) is 0 Å². The van der Waals surface area contributed by atoms with Gasteiger partial charge in [0.05, 0.1) is 0 Å². The molecule has 0 aliphatic rings. The Balaban J connectivity index is 2.19. The largest absolute Gasteiger partial charge is 0.396 e. The van der Waals surface area contributed by atoms with E-state index in [9.17, 15) is 5.11 Å². The zero-order valence-corrected chi connectivity index (χ0v) is 13.6. The Morgan fingerprint density at radius 1 is 0.667 bits per heavy atom. The first-order valence-corrected chi connectivity index (χ1v) is 8.48. The molecule has 5 aromatic rings. The minimum atomic E-state index is 0.123. The van der Waals surface area contributed by atoms with Crippen LogP contribution in [0.4, 0.5) is 0 Å². The minimum absolute atomic E-state index is 0.123. The molecule has 5 rings (SSSR count). The average Bonchev–Trinajstić information content (AvgIpc) is 2.64. The maximum absolute atomic E-state index is 9.76. The maximum atomic E-state index is 9.76. The van der Waals surface area contributed by atoms with Gasteiger partial charge in [-0.1, -0.05) is 73.7 Å². The van der Waals surface area contributed by atoms with Gasteiger partial charge >= 0.3 is 0 Å². The van der Waals surface area contributed by atoms with E-state index >= 15 is 0 Å². The Morgan fingerprint density at radius 2 is 1.25 bits per heavy atom. The van der Waals surface area contributed by atoms with Crippen LogP contribution in [-0.2, 0) is 0 Å². The second-order valence-corrected chi connectivity index (χ2v) is 6.73. The standard InChI is InChI=1S/C23H18O/c1-14(13-24)17-12-11-16-7-3-9-19-18-8-2-5-15-6-4-10-20(21(15)18)23(17)22(16)19/h2-12,14,24H,13H2,1H3. The van der Waals surface area contributed by atoms with E-state index in [1.807, 2.05) is 0 Å². The summed E-state index contributed by atoms with van der Waals surface area (Å²) in [6.07, 6.45) is 0. The van der Waals surface area contributed by atoms with Crippen molar-refractivity contribution in [2.24, 2.45) is 0 Å². The van der Waals surface area contributed by atoms with E-state index in [0.29, 0.717) is 0 Å². The smallest absolute Gasteiger partial charge is 0.0497 e. The highest BCUT2D eigenvalue weighted by Gasteiger charge is 2.17. The molecule has 0 saturated carbocycles. The molecule has 0 aliphatic carbocycles. The van der Waals surface area contributed by atoms with E-state index in [1.54, 1.807) is 0 Å². The molecule has 0 heterocycles. The minimum Gasteiger partial charge on any atom is -0.396 e. The molecule has 0 aromatic heterocycles. The van der Waals surface area contributed by atoms with Crippen LogP contribution >= 0.6 is 0 Å². The predicted molar refractivity (Wildman–Crippen MR) is 103 cm³/mol. The summed E-state index contributed by atoms with van der Waals surface area (Å²) >= 11 is 0. The summed E-state index contributed by atoms with van der Waals surface area (Å²) in [7, 11) is 0. The number of fused-ring (bicyclic) bond motifs is 2. The SMILES string of the molecule is CC(CO)c1ccc2cccc3c4cccc5cccc(c1c23)c54. The lowest BCUT2D eigenvalue weighted by Gasteiger charge is -2.19. The van der Waals surface area contributed by atoms with E-state index in [1.165, 1.54) is 48.7 Å². The molecule has 0 spiro atoms. The first-order valence-electron chi connectivity index (χ1n) is 8.48. The zero-order valence-electron chi connectivity index (χ0n) is 13.6. The Bertz CT molecular complexity index is 1200. The molecule has 0 amide bonds. The molecule has 1 heteroatoms. The molecule has 116 valence electrons. The van der Waals surface area contributed by atoms with E-state index < -0.39 is 0 Å². The van der Waals surface area contributed by atoms with Gasteiger partial charge in [0, 0.05) is 12.5 Å². The summed E-state index contributed by atoms with van der Waals surface area (Å²) in [6, 6.07) is 24.0. The highest BCUT2D eigenvalue weighted by molar-refractivity contribution is 6.33. The van der Waals surface area contributed by atoms with Crippen molar-refractivity contribution in [1.82, 2.24) is 0 Å². The molecule has 1 nitrogen and oxygen atoms in total. The van der Waals surface area contributed by atoms with E-state index in [4.69, 9.17) is 0 Å². The van der Waals surface area contributed by atoms with Crippen LogP contribution in [0.5, 0.6) is 0 Å².